The molecule has 0 aromatic carbocycles. The minimum absolute atomic E-state index is 0.0262. The van der Waals surface area contributed by atoms with Crippen LogP contribution in [0.3, 0.4) is 0 Å². The van der Waals surface area contributed by atoms with Crippen molar-refractivity contribution in [3.05, 3.63) is 0 Å². The predicted octanol–water partition coefficient (Wildman–Crippen LogP) is 2.38. The first-order valence-electron chi connectivity index (χ1n) is 7.99. The third-order valence-corrected chi connectivity index (χ3v) is 7.07. The summed E-state index contributed by atoms with van der Waals surface area (Å²) in [5.74, 6) is 0.351. The zero-order valence-electron chi connectivity index (χ0n) is 12.7. The Bertz CT molecular complexity index is 446. The van der Waals surface area contributed by atoms with Crippen LogP contribution in [0.4, 0.5) is 0 Å². The van der Waals surface area contributed by atoms with E-state index in [1.807, 2.05) is 11.8 Å². The fourth-order valence-corrected chi connectivity index (χ4v) is 5.63. The minimum Gasteiger partial charge on any atom is -0.337 e. The molecule has 1 aliphatic carbocycles. The molecule has 3 atom stereocenters. The Balaban J connectivity index is 2.10. The average Bonchev–Trinajstić information content (AvgIpc) is 2.44. The quantitative estimate of drug-likeness (QED) is 0.801. The van der Waals surface area contributed by atoms with E-state index in [-0.39, 0.29) is 28.9 Å². The van der Waals surface area contributed by atoms with Crippen molar-refractivity contribution < 1.29 is 13.2 Å². The number of sulfone groups is 1. The Morgan fingerprint density at radius 1 is 1.30 bits per heavy atom. The van der Waals surface area contributed by atoms with Gasteiger partial charge in [0, 0.05) is 18.5 Å². The molecule has 1 aliphatic heterocycles. The second-order valence-electron chi connectivity index (χ2n) is 6.33. The van der Waals surface area contributed by atoms with Crippen molar-refractivity contribution in [3.8, 4) is 0 Å². The molecular weight excluding hydrogens is 274 g/mol. The highest BCUT2D eigenvalue weighted by molar-refractivity contribution is 7.92. The summed E-state index contributed by atoms with van der Waals surface area (Å²) in [6.45, 7) is 4.51. The van der Waals surface area contributed by atoms with Crippen LogP contribution in [-0.4, -0.2) is 42.8 Å². The van der Waals surface area contributed by atoms with Crippen LogP contribution in [0.1, 0.15) is 58.8 Å². The molecule has 1 amide bonds. The fourth-order valence-electron chi connectivity index (χ4n) is 3.59. The maximum atomic E-state index is 12.6. The van der Waals surface area contributed by atoms with Gasteiger partial charge in [-0.15, -0.1) is 0 Å². The Morgan fingerprint density at radius 3 is 2.70 bits per heavy atom. The molecule has 0 aromatic rings. The highest BCUT2D eigenvalue weighted by Gasteiger charge is 2.44. The van der Waals surface area contributed by atoms with E-state index in [0.717, 1.165) is 44.9 Å². The van der Waals surface area contributed by atoms with Gasteiger partial charge in [0.15, 0.2) is 9.84 Å². The van der Waals surface area contributed by atoms with E-state index in [9.17, 15) is 13.2 Å². The van der Waals surface area contributed by atoms with Crippen molar-refractivity contribution in [2.75, 3.05) is 12.3 Å². The molecule has 0 radical (unpaired) electrons. The number of amides is 1. The van der Waals surface area contributed by atoms with Gasteiger partial charge >= 0.3 is 0 Å². The smallest absolute Gasteiger partial charge is 0.225 e. The number of nitrogens with zero attached hydrogens (tertiary/aromatic N) is 1. The second kappa shape index (κ2) is 6.46. The van der Waals surface area contributed by atoms with Crippen LogP contribution in [0, 0.1) is 5.92 Å². The molecule has 2 rings (SSSR count). The highest BCUT2D eigenvalue weighted by atomic mass is 32.2. The van der Waals surface area contributed by atoms with Gasteiger partial charge in [-0.2, -0.15) is 0 Å². The Labute approximate surface area is 122 Å². The average molecular weight is 301 g/mol. The largest absolute Gasteiger partial charge is 0.337 e. The highest BCUT2D eigenvalue weighted by Crippen LogP contribution is 2.33. The third kappa shape index (κ3) is 3.18. The molecule has 0 aromatic heterocycles. The number of hydrogen-bond donors (Lipinski definition) is 0. The van der Waals surface area contributed by atoms with E-state index in [1.165, 1.54) is 0 Å². The minimum atomic E-state index is -2.99. The summed E-state index contributed by atoms with van der Waals surface area (Å²) in [5.41, 5.74) is 0. The third-order valence-electron chi connectivity index (χ3n) is 4.84. The van der Waals surface area contributed by atoms with E-state index in [4.69, 9.17) is 0 Å². The number of carbonyl (C=O) groups is 1. The molecule has 1 saturated carbocycles. The number of fused-ring (bicyclic) bond motifs is 1. The lowest BCUT2D eigenvalue weighted by molar-refractivity contribution is -0.138. The van der Waals surface area contributed by atoms with E-state index >= 15 is 0 Å². The second-order valence-corrected chi connectivity index (χ2v) is 8.67. The van der Waals surface area contributed by atoms with Gasteiger partial charge in [0.1, 0.15) is 0 Å². The Morgan fingerprint density at radius 2 is 2.00 bits per heavy atom. The summed E-state index contributed by atoms with van der Waals surface area (Å²) in [7, 11) is -2.99. The molecule has 2 fully saturated rings. The summed E-state index contributed by atoms with van der Waals surface area (Å²) in [6.07, 6.45) is 6.69. The van der Waals surface area contributed by atoms with Crippen molar-refractivity contribution in [1.29, 1.82) is 0 Å². The van der Waals surface area contributed by atoms with Crippen LogP contribution < -0.4 is 0 Å². The Kier molecular flexibility index (Phi) is 5.10. The van der Waals surface area contributed by atoms with Gasteiger partial charge in [-0.3, -0.25) is 4.79 Å². The molecule has 4 nitrogen and oxygen atoms in total. The van der Waals surface area contributed by atoms with Crippen molar-refractivity contribution in [3.63, 3.8) is 0 Å². The lowest BCUT2D eigenvalue weighted by Gasteiger charge is -2.44. The molecule has 116 valence electrons. The fraction of sp³-hybridized carbons (Fsp3) is 0.933. The van der Waals surface area contributed by atoms with Crippen molar-refractivity contribution in [2.45, 2.75) is 70.1 Å². The lowest BCUT2D eigenvalue weighted by atomic mass is 9.92. The van der Waals surface area contributed by atoms with Crippen LogP contribution in [0.5, 0.6) is 0 Å². The maximum absolute atomic E-state index is 12.6. The van der Waals surface area contributed by atoms with E-state index in [2.05, 4.69) is 6.92 Å². The van der Waals surface area contributed by atoms with Crippen LogP contribution in [-0.2, 0) is 14.6 Å². The normalized spacial score (nSPS) is 30.6. The van der Waals surface area contributed by atoms with Crippen LogP contribution in [0.15, 0.2) is 0 Å². The molecule has 1 saturated heterocycles. The summed E-state index contributed by atoms with van der Waals surface area (Å²) < 4.78 is 24.4. The first kappa shape index (κ1) is 15.8. The van der Waals surface area contributed by atoms with Gasteiger partial charge in [-0.25, -0.2) is 8.42 Å². The summed E-state index contributed by atoms with van der Waals surface area (Å²) >= 11 is 0. The zero-order valence-corrected chi connectivity index (χ0v) is 13.5. The summed E-state index contributed by atoms with van der Waals surface area (Å²) in [5, 5.41) is -0.299. The maximum Gasteiger partial charge on any atom is 0.225 e. The summed E-state index contributed by atoms with van der Waals surface area (Å²) in [6, 6.07) is -0.0564. The Hall–Kier alpha value is -0.580. The van der Waals surface area contributed by atoms with Gasteiger partial charge in [0.05, 0.1) is 11.0 Å². The monoisotopic (exact) mass is 301 g/mol. The van der Waals surface area contributed by atoms with Gasteiger partial charge in [0.25, 0.3) is 0 Å². The molecule has 20 heavy (non-hydrogen) atoms. The summed E-state index contributed by atoms with van der Waals surface area (Å²) in [4.78, 5) is 14.5. The van der Waals surface area contributed by atoms with Gasteiger partial charge in [-0.05, 0) is 19.3 Å². The lowest BCUT2D eigenvalue weighted by Crippen LogP contribution is -2.58. The number of unbranched alkanes of at least 4 members (excludes halogenated alkanes) is 1. The van der Waals surface area contributed by atoms with Gasteiger partial charge < -0.3 is 4.90 Å². The van der Waals surface area contributed by atoms with Crippen molar-refractivity contribution >= 4 is 15.7 Å². The number of carbonyl (C=O) groups excluding carboxylic acids is 1. The predicted molar refractivity (Wildman–Crippen MR) is 80.2 cm³/mol. The molecule has 0 bridgehead atoms. The van der Waals surface area contributed by atoms with Crippen LogP contribution in [0.2, 0.25) is 0 Å². The topological polar surface area (TPSA) is 54.5 Å². The standard InChI is InChI=1S/C15H27NO3S/c1-3-4-7-12(2)15(17)16-10-11-20(18,19)14-9-6-5-8-13(14)16/h12-14H,3-11H2,1-2H3/t12-,13-,14+/m0/s1. The SMILES string of the molecule is CCCC[C@H](C)C(=O)N1CCS(=O)(=O)[C@@H]2CCCC[C@@H]21. The van der Waals surface area contributed by atoms with Gasteiger partial charge in [-0.1, -0.05) is 39.5 Å². The molecule has 0 unspecified atom stereocenters. The van der Waals surface area contributed by atoms with E-state index in [0.29, 0.717) is 6.54 Å². The first-order valence-corrected chi connectivity index (χ1v) is 9.71. The number of rotatable bonds is 4. The molecule has 1 heterocycles. The van der Waals surface area contributed by atoms with Gasteiger partial charge in [0.2, 0.25) is 5.91 Å². The first-order chi connectivity index (χ1) is 9.47. The molecule has 0 N–H and O–H groups in total. The van der Waals surface area contributed by atoms with Crippen molar-refractivity contribution in [1.82, 2.24) is 4.90 Å². The molecular formula is C15H27NO3S. The zero-order chi connectivity index (χ0) is 14.8. The van der Waals surface area contributed by atoms with E-state index < -0.39 is 9.84 Å². The molecule has 2 aliphatic rings. The van der Waals surface area contributed by atoms with E-state index in [1.54, 1.807) is 0 Å². The van der Waals surface area contributed by atoms with Crippen LogP contribution in [0.25, 0.3) is 0 Å². The van der Waals surface area contributed by atoms with Crippen molar-refractivity contribution in [2.24, 2.45) is 5.92 Å². The number of hydrogen-bond acceptors (Lipinski definition) is 3. The van der Waals surface area contributed by atoms with Crippen LogP contribution >= 0.6 is 0 Å². The molecule has 0 spiro atoms. The molecule has 5 heteroatoms.